The second-order valence-electron chi connectivity index (χ2n) is 5.14. The van der Waals surface area contributed by atoms with Crippen molar-refractivity contribution in [1.29, 1.82) is 0 Å². The van der Waals surface area contributed by atoms with Crippen LogP contribution in [0.3, 0.4) is 0 Å². The van der Waals surface area contributed by atoms with Gasteiger partial charge >= 0.3 is 5.97 Å². The van der Waals surface area contributed by atoms with Gasteiger partial charge in [0.25, 0.3) is 0 Å². The maximum absolute atomic E-state index is 12.5. The second-order valence-corrected chi connectivity index (χ2v) is 6.82. The second kappa shape index (κ2) is 7.92. The quantitative estimate of drug-likeness (QED) is 0.799. The Bertz CT molecular complexity index is 628. The summed E-state index contributed by atoms with van der Waals surface area (Å²) in [6, 6.07) is 4.41. The van der Waals surface area contributed by atoms with Crippen LogP contribution in [0.15, 0.2) is 23.1 Å². The molecule has 8 heteroatoms. The molecule has 124 valence electrons. The predicted molar refractivity (Wildman–Crippen MR) is 86.0 cm³/mol. The molecule has 0 bridgehead atoms. The molecule has 1 aromatic carbocycles. The summed E-state index contributed by atoms with van der Waals surface area (Å²) in [5.41, 5.74) is 0.823. The maximum Gasteiger partial charge on any atom is 0.337 e. The smallest absolute Gasteiger partial charge is 0.337 e. The lowest BCUT2D eigenvalue weighted by atomic mass is 10.1. The van der Waals surface area contributed by atoms with E-state index in [2.05, 4.69) is 14.8 Å². The molecule has 22 heavy (non-hydrogen) atoms. The normalized spacial score (nSPS) is 18.4. The highest BCUT2D eigenvalue weighted by Crippen LogP contribution is 2.19. The molecule has 6 nitrogen and oxygen atoms in total. The summed E-state index contributed by atoms with van der Waals surface area (Å²) in [4.78, 5) is 11.7. The van der Waals surface area contributed by atoms with Crippen LogP contribution in [0.5, 0.6) is 0 Å². The van der Waals surface area contributed by atoms with Gasteiger partial charge in [-0.1, -0.05) is 6.07 Å². The first-order chi connectivity index (χ1) is 9.94. The number of ether oxygens (including phenoxy) is 1. The molecule has 1 saturated heterocycles. The number of nitrogens with one attached hydrogen (secondary N) is 2. The largest absolute Gasteiger partial charge is 0.465 e. The Balaban J connectivity index is 0.00000242. The molecule has 1 aliphatic heterocycles. The summed E-state index contributed by atoms with van der Waals surface area (Å²) in [7, 11) is -2.39. The standard InChI is InChI=1S/C14H20N2O4S.ClH/c1-10-5-6-11(14(17)20-2)8-13(10)21(18,19)16-12-4-3-7-15-9-12;/h5-6,8,12,15-16H,3-4,7,9H2,1-2H3;1H/t12-;/m0./s1. The summed E-state index contributed by atoms with van der Waals surface area (Å²) in [6.45, 7) is 3.23. The van der Waals surface area contributed by atoms with Crippen LogP contribution in [-0.4, -0.2) is 40.6 Å². The number of benzene rings is 1. The minimum Gasteiger partial charge on any atom is -0.465 e. The van der Waals surface area contributed by atoms with Crippen molar-refractivity contribution in [2.45, 2.75) is 30.7 Å². The van der Waals surface area contributed by atoms with Gasteiger partial charge in [0.2, 0.25) is 10.0 Å². The Labute approximate surface area is 137 Å². The summed E-state index contributed by atoms with van der Waals surface area (Å²) in [5.74, 6) is -0.550. The van der Waals surface area contributed by atoms with Gasteiger partial charge in [-0.05, 0) is 44.0 Å². The number of esters is 1. The number of hydrogen-bond acceptors (Lipinski definition) is 5. The van der Waals surface area contributed by atoms with Crippen molar-refractivity contribution in [1.82, 2.24) is 10.0 Å². The number of methoxy groups -OCH3 is 1. The van der Waals surface area contributed by atoms with Gasteiger partial charge in [0, 0.05) is 12.6 Å². The fourth-order valence-corrected chi connectivity index (χ4v) is 3.91. The molecule has 0 spiro atoms. The maximum atomic E-state index is 12.5. The number of carbonyl (C=O) groups is 1. The van der Waals surface area contributed by atoms with E-state index in [1.54, 1.807) is 19.1 Å². The molecule has 0 radical (unpaired) electrons. The van der Waals surface area contributed by atoms with Crippen molar-refractivity contribution < 1.29 is 17.9 Å². The van der Waals surface area contributed by atoms with E-state index in [9.17, 15) is 13.2 Å². The third-order valence-electron chi connectivity index (χ3n) is 3.52. The Morgan fingerprint density at radius 1 is 1.41 bits per heavy atom. The molecule has 1 fully saturated rings. The van der Waals surface area contributed by atoms with E-state index in [4.69, 9.17) is 0 Å². The van der Waals surface area contributed by atoms with E-state index >= 15 is 0 Å². The van der Waals surface area contributed by atoms with Gasteiger partial charge < -0.3 is 10.1 Å². The Hall–Kier alpha value is -1.15. The van der Waals surface area contributed by atoms with Crippen LogP contribution in [0.2, 0.25) is 0 Å². The lowest BCUT2D eigenvalue weighted by molar-refractivity contribution is 0.0600. The first-order valence-electron chi connectivity index (χ1n) is 6.86. The van der Waals surface area contributed by atoms with Crippen molar-refractivity contribution in [3.05, 3.63) is 29.3 Å². The van der Waals surface area contributed by atoms with Gasteiger partial charge in [0.05, 0.1) is 17.6 Å². The van der Waals surface area contributed by atoms with E-state index < -0.39 is 16.0 Å². The van der Waals surface area contributed by atoms with E-state index in [0.717, 1.165) is 19.4 Å². The zero-order valence-electron chi connectivity index (χ0n) is 12.6. The molecule has 1 atom stereocenters. The zero-order valence-corrected chi connectivity index (χ0v) is 14.2. The van der Waals surface area contributed by atoms with Crippen molar-refractivity contribution in [3.63, 3.8) is 0 Å². The number of aryl methyl sites for hydroxylation is 1. The van der Waals surface area contributed by atoms with Crippen LogP contribution >= 0.6 is 12.4 Å². The zero-order chi connectivity index (χ0) is 15.5. The molecule has 0 aromatic heterocycles. The highest BCUT2D eigenvalue weighted by atomic mass is 35.5. The molecular formula is C14H21ClN2O4S. The summed E-state index contributed by atoms with van der Waals surface area (Å²) in [5, 5.41) is 3.16. The Morgan fingerprint density at radius 3 is 2.73 bits per heavy atom. The molecule has 0 unspecified atom stereocenters. The Kier molecular flexibility index (Phi) is 6.80. The number of halogens is 1. The first-order valence-corrected chi connectivity index (χ1v) is 8.34. The van der Waals surface area contributed by atoms with Gasteiger partial charge in [-0.3, -0.25) is 0 Å². The van der Waals surface area contributed by atoms with Crippen molar-refractivity contribution >= 4 is 28.4 Å². The topological polar surface area (TPSA) is 84.5 Å². The van der Waals surface area contributed by atoms with Crippen LogP contribution in [0, 0.1) is 6.92 Å². The molecule has 0 amide bonds. The molecule has 0 aliphatic carbocycles. The minimum atomic E-state index is -3.65. The number of rotatable bonds is 4. The number of carbonyl (C=O) groups excluding carboxylic acids is 1. The van der Waals surface area contributed by atoms with E-state index in [1.165, 1.54) is 13.2 Å². The fourth-order valence-electron chi connectivity index (χ4n) is 2.37. The SMILES string of the molecule is COC(=O)c1ccc(C)c(S(=O)(=O)N[C@H]2CCCNC2)c1.Cl. The van der Waals surface area contributed by atoms with E-state index in [1.807, 2.05) is 0 Å². The summed E-state index contributed by atoms with van der Waals surface area (Å²) < 4.78 is 32.3. The van der Waals surface area contributed by atoms with Gasteiger partial charge in [-0.15, -0.1) is 12.4 Å². The lowest BCUT2D eigenvalue weighted by Gasteiger charge is -2.24. The average Bonchev–Trinajstić information content (AvgIpc) is 2.47. The van der Waals surface area contributed by atoms with Crippen molar-refractivity contribution in [2.24, 2.45) is 0 Å². The van der Waals surface area contributed by atoms with Crippen molar-refractivity contribution in [3.8, 4) is 0 Å². The molecule has 1 aromatic rings. The molecule has 2 N–H and O–H groups in total. The number of hydrogen-bond donors (Lipinski definition) is 2. The lowest BCUT2D eigenvalue weighted by Crippen LogP contribution is -2.45. The molecule has 0 saturated carbocycles. The summed E-state index contributed by atoms with van der Waals surface area (Å²) in [6.07, 6.45) is 1.75. The minimum absolute atomic E-state index is 0. The van der Waals surface area contributed by atoms with Crippen LogP contribution < -0.4 is 10.0 Å². The van der Waals surface area contributed by atoms with Crippen LogP contribution in [-0.2, 0) is 14.8 Å². The van der Waals surface area contributed by atoms with Gasteiger partial charge in [0.15, 0.2) is 0 Å². The van der Waals surface area contributed by atoms with Gasteiger partial charge in [0.1, 0.15) is 0 Å². The predicted octanol–water partition coefficient (Wildman–Crippen LogP) is 1.23. The third-order valence-corrected chi connectivity index (χ3v) is 5.18. The molecular weight excluding hydrogens is 328 g/mol. The van der Waals surface area contributed by atoms with Crippen LogP contribution in [0.25, 0.3) is 0 Å². The first kappa shape index (κ1) is 18.9. The molecule has 2 rings (SSSR count). The van der Waals surface area contributed by atoms with Crippen LogP contribution in [0.1, 0.15) is 28.8 Å². The van der Waals surface area contributed by atoms with Gasteiger partial charge in [-0.2, -0.15) is 0 Å². The molecule has 1 heterocycles. The van der Waals surface area contributed by atoms with E-state index in [-0.39, 0.29) is 28.9 Å². The van der Waals surface area contributed by atoms with Crippen molar-refractivity contribution in [2.75, 3.05) is 20.2 Å². The number of piperidine rings is 1. The van der Waals surface area contributed by atoms with Crippen LogP contribution in [0.4, 0.5) is 0 Å². The van der Waals surface area contributed by atoms with E-state index in [0.29, 0.717) is 12.1 Å². The fraction of sp³-hybridized carbons (Fsp3) is 0.500. The van der Waals surface area contributed by atoms with Gasteiger partial charge in [-0.25, -0.2) is 17.9 Å². The Morgan fingerprint density at radius 2 is 2.14 bits per heavy atom. The highest BCUT2D eigenvalue weighted by Gasteiger charge is 2.24. The average molecular weight is 349 g/mol. The summed E-state index contributed by atoms with van der Waals surface area (Å²) >= 11 is 0. The monoisotopic (exact) mass is 348 g/mol. The highest BCUT2D eigenvalue weighted by molar-refractivity contribution is 7.89. The third kappa shape index (κ3) is 4.42. The molecule has 1 aliphatic rings. The number of sulfonamides is 1.